The summed E-state index contributed by atoms with van der Waals surface area (Å²) in [6, 6.07) is 17.1. The summed E-state index contributed by atoms with van der Waals surface area (Å²) >= 11 is 0. The van der Waals surface area contributed by atoms with Crippen LogP contribution in [0, 0.1) is 19.8 Å². The Balaban J connectivity index is 1.54. The molecule has 1 saturated carbocycles. The molecule has 0 N–H and O–H groups in total. The van der Waals surface area contributed by atoms with Gasteiger partial charge in [0.2, 0.25) is 0 Å². The zero-order valence-corrected chi connectivity index (χ0v) is 20.3. The Labute approximate surface area is 201 Å². The second-order valence-electron chi connectivity index (χ2n) is 9.90. The van der Waals surface area contributed by atoms with Crippen molar-refractivity contribution in [1.29, 1.82) is 0 Å². The predicted octanol–water partition coefficient (Wildman–Crippen LogP) is 5.93. The molecule has 6 rings (SSSR count). The molecule has 0 spiro atoms. The monoisotopic (exact) mass is 452 g/mol. The molecule has 0 aliphatic heterocycles. The zero-order valence-electron chi connectivity index (χ0n) is 20.3. The smallest absolute Gasteiger partial charge is 0.165 e. The molecule has 2 aromatic heterocycles. The van der Waals surface area contributed by atoms with Gasteiger partial charge >= 0.3 is 0 Å². The minimum atomic E-state index is 0.781. The number of benzene rings is 2. The van der Waals surface area contributed by atoms with Gasteiger partial charge in [-0.05, 0) is 80.7 Å². The van der Waals surface area contributed by atoms with Crippen molar-refractivity contribution in [2.45, 2.75) is 52.5 Å². The summed E-state index contributed by atoms with van der Waals surface area (Å²) in [6.07, 6.45) is 5.96. The van der Waals surface area contributed by atoms with Gasteiger partial charge in [0.25, 0.3) is 0 Å². The van der Waals surface area contributed by atoms with E-state index in [2.05, 4.69) is 65.7 Å². The van der Waals surface area contributed by atoms with Crippen molar-refractivity contribution in [1.82, 2.24) is 14.6 Å². The van der Waals surface area contributed by atoms with E-state index in [0.29, 0.717) is 0 Å². The highest BCUT2D eigenvalue weighted by atomic mass is 16.5. The molecule has 0 radical (unpaired) electrons. The van der Waals surface area contributed by atoms with E-state index in [9.17, 15) is 0 Å². The fraction of sp³-hybridized carbons (Fsp3) is 0.379. The van der Waals surface area contributed by atoms with Crippen LogP contribution in [0.25, 0.3) is 16.8 Å². The predicted molar refractivity (Wildman–Crippen MR) is 137 cm³/mol. The number of hydrogen-bond acceptors (Lipinski definition) is 4. The number of ether oxygens (including phenoxy) is 1. The van der Waals surface area contributed by atoms with E-state index in [1.807, 2.05) is 6.07 Å². The van der Waals surface area contributed by atoms with E-state index in [1.165, 1.54) is 53.0 Å². The third kappa shape index (κ3) is 3.73. The van der Waals surface area contributed by atoms with E-state index in [1.54, 1.807) is 7.11 Å². The van der Waals surface area contributed by atoms with Gasteiger partial charge in [-0.1, -0.05) is 36.4 Å². The molecule has 2 aliphatic carbocycles. The Kier molecular flexibility index (Phi) is 5.28. The molecule has 2 aromatic carbocycles. The molecule has 0 bridgehead atoms. The van der Waals surface area contributed by atoms with Gasteiger partial charge in [-0.3, -0.25) is 0 Å². The summed E-state index contributed by atoms with van der Waals surface area (Å²) in [5, 5.41) is 5.12. The largest absolute Gasteiger partial charge is 0.497 e. The van der Waals surface area contributed by atoms with Crippen LogP contribution in [0.1, 0.15) is 47.3 Å². The lowest BCUT2D eigenvalue weighted by Crippen LogP contribution is -2.29. The van der Waals surface area contributed by atoms with Crippen LogP contribution in [0.2, 0.25) is 0 Å². The van der Waals surface area contributed by atoms with Crippen LogP contribution in [0.4, 0.5) is 5.82 Å². The molecule has 174 valence electrons. The van der Waals surface area contributed by atoms with Gasteiger partial charge in [-0.25, -0.2) is 4.98 Å². The Hall–Kier alpha value is -3.34. The zero-order chi connectivity index (χ0) is 23.2. The van der Waals surface area contributed by atoms with Crippen LogP contribution in [0.3, 0.4) is 0 Å². The number of methoxy groups -OCH3 is 1. The Morgan fingerprint density at radius 2 is 1.88 bits per heavy atom. The molecule has 5 nitrogen and oxygen atoms in total. The van der Waals surface area contributed by atoms with Gasteiger partial charge in [0.05, 0.1) is 12.8 Å². The first-order chi connectivity index (χ1) is 16.6. The van der Waals surface area contributed by atoms with Crippen molar-refractivity contribution < 1.29 is 4.74 Å². The average molecular weight is 453 g/mol. The van der Waals surface area contributed by atoms with E-state index < -0.39 is 0 Å². The number of rotatable bonds is 7. The third-order valence-electron chi connectivity index (χ3n) is 7.33. The fourth-order valence-electron chi connectivity index (χ4n) is 5.44. The second-order valence-corrected chi connectivity index (χ2v) is 9.90. The van der Waals surface area contributed by atoms with E-state index in [4.69, 9.17) is 14.8 Å². The Bertz CT molecular complexity index is 1350. The van der Waals surface area contributed by atoms with Crippen molar-refractivity contribution in [3.8, 4) is 16.9 Å². The lowest BCUT2D eigenvalue weighted by Gasteiger charge is -2.27. The minimum absolute atomic E-state index is 0.781. The molecule has 1 fully saturated rings. The number of anilines is 1. The van der Waals surface area contributed by atoms with E-state index in [0.717, 1.165) is 54.5 Å². The molecular formula is C29H32N4O. The number of hydrogen-bond donors (Lipinski definition) is 0. The van der Waals surface area contributed by atoms with Crippen molar-refractivity contribution in [3.05, 3.63) is 76.6 Å². The first-order valence-corrected chi connectivity index (χ1v) is 12.5. The molecule has 0 unspecified atom stereocenters. The molecule has 34 heavy (non-hydrogen) atoms. The Morgan fingerprint density at radius 3 is 2.62 bits per heavy atom. The van der Waals surface area contributed by atoms with Gasteiger partial charge < -0.3 is 9.64 Å². The quantitative estimate of drug-likeness (QED) is 0.349. The van der Waals surface area contributed by atoms with E-state index >= 15 is 0 Å². The van der Waals surface area contributed by atoms with Crippen LogP contribution in [-0.2, 0) is 19.4 Å². The van der Waals surface area contributed by atoms with Gasteiger partial charge in [-0.15, -0.1) is 0 Å². The number of fused-ring (bicyclic) bond motifs is 2. The van der Waals surface area contributed by atoms with Crippen LogP contribution >= 0.6 is 0 Å². The Morgan fingerprint density at radius 1 is 1.06 bits per heavy atom. The standard InChI is InChI=1S/C29H32N4O/c1-19-16-23(34-3)14-15-24(19)27-20(2)31-33-28(27)30-26-11-7-10-25(26)29(33)32(18-22-12-13-22)17-21-8-5-4-6-9-21/h4-6,8-9,14-16,22H,7,10-13,17-18H2,1-3H3. The normalized spacial score (nSPS) is 15.0. The molecule has 4 aromatic rings. The first-order valence-electron chi connectivity index (χ1n) is 12.5. The fourth-order valence-corrected chi connectivity index (χ4v) is 5.44. The summed E-state index contributed by atoms with van der Waals surface area (Å²) in [4.78, 5) is 7.81. The number of aryl methyl sites for hydroxylation is 3. The summed E-state index contributed by atoms with van der Waals surface area (Å²) in [7, 11) is 1.72. The molecule has 0 saturated heterocycles. The minimum Gasteiger partial charge on any atom is -0.497 e. The number of aromatic nitrogens is 3. The van der Waals surface area contributed by atoms with Gasteiger partial charge in [-0.2, -0.15) is 9.61 Å². The van der Waals surface area contributed by atoms with Crippen LogP contribution in [-0.4, -0.2) is 28.3 Å². The molecule has 5 heteroatoms. The summed E-state index contributed by atoms with van der Waals surface area (Å²) < 4.78 is 7.61. The average Bonchev–Trinajstić information content (AvgIpc) is 3.43. The maximum Gasteiger partial charge on any atom is 0.165 e. The lowest BCUT2D eigenvalue weighted by molar-refractivity contribution is 0.414. The summed E-state index contributed by atoms with van der Waals surface area (Å²) in [5.41, 5.74) is 9.50. The molecular weight excluding hydrogens is 420 g/mol. The van der Waals surface area contributed by atoms with Crippen molar-refractivity contribution in [3.63, 3.8) is 0 Å². The SMILES string of the molecule is COc1ccc(-c2c(C)nn3c(N(Cc4ccccc4)CC4CC4)c4c(nc23)CCC4)c(C)c1. The maximum atomic E-state index is 5.45. The molecule has 0 atom stereocenters. The van der Waals surface area contributed by atoms with Gasteiger partial charge in [0, 0.05) is 29.9 Å². The molecule has 2 heterocycles. The lowest BCUT2D eigenvalue weighted by atomic mass is 10.0. The summed E-state index contributed by atoms with van der Waals surface area (Å²) in [5.74, 6) is 2.92. The third-order valence-corrected chi connectivity index (χ3v) is 7.33. The second kappa shape index (κ2) is 8.46. The maximum absolute atomic E-state index is 5.45. The number of nitrogens with zero attached hydrogens (tertiary/aromatic N) is 4. The van der Waals surface area contributed by atoms with Crippen molar-refractivity contribution >= 4 is 11.5 Å². The molecule has 2 aliphatic rings. The first kappa shape index (κ1) is 21.2. The molecule has 0 amide bonds. The van der Waals surface area contributed by atoms with E-state index in [-0.39, 0.29) is 0 Å². The topological polar surface area (TPSA) is 42.7 Å². The van der Waals surface area contributed by atoms with Crippen LogP contribution in [0.15, 0.2) is 48.5 Å². The van der Waals surface area contributed by atoms with Gasteiger partial charge in [0.15, 0.2) is 5.65 Å². The highest BCUT2D eigenvalue weighted by Gasteiger charge is 2.31. The van der Waals surface area contributed by atoms with Crippen molar-refractivity contribution in [2.75, 3.05) is 18.6 Å². The van der Waals surface area contributed by atoms with Crippen LogP contribution < -0.4 is 9.64 Å². The highest BCUT2D eigenvalue weighted by molar-refractivity contribution is 5.83. The van der Waals surface area contributed by atoms with Gasteiger partial charge in [0.1, 0.15) is 11.6 Å². The summed E-state index contributed by atoms with van der Waals surface area (Å²) in [6.45, 7) is 6.24. The van der Waals surface area contributed by atoms with Crippen molar-refractivity contribution in [2.24, 2.45) is 5.92 Å². The highest BCUT2D eigenvalue weighted by Crippen LogP contribution is 2.39. The van der Waals surface area contributed by atoms with Crippen LogP contribution in [0.5, 0.6) is 5.75 Å².